The minimum absolute atomic E-state index is 0.0588. The largest absolute Gasteiger partial charge is 0.336 e. The lowest BCUT2D eigenvalue weighted by atomic mass is 9.96. The first-order chi connectivity index (χ1) is 17.4. The van der Waals surface area contributed by atoms with Crippen LogP contribution in [0.25, 0.3) is 11.0 Å². The quantitative estimate of drug-likeness (QED) is 0.451. The Labute approximate surface area is 209 Å². The van der Waals surface area contributed by atoms with Gasteiger partial charge in [0.05, 0.1) is 5.69 Å². The normalized spacial score (nSPS) is 20.0. The Kier molecular flexibility index (Phi) is 5.64. The summed E-state index contributed by atoms with van der Waals surface area (Å²) < 4.78 is 0. The van der Waals surface area contributed by atoms with Crippen molar-refractivity contribution in [3.8, 4) is 0 Å². The molecule has 2 aliphatic rings. The maximum atomic E-state index is 13.2. The zero-order chi connectivity index (χ0) is 24.8. The first kappa shape index (κ1) is 22.6. The maximum absolute atomic E-state index is 13.2. The van der Waals surface area contributed by atoms with Gasteiger partial charge in [-0.3, -0.25) is 9.69 Å². The van der Waals surface area contributed by atoms with Crippen LogP contribution in [0.1, 0.15) is 52.5 Å². The smallest absolute Gasteiger partial charge is 0.254 e. The van der Waals surface area contributed by atoms with Crippen LogP contribution < -0.4 is 5.32 Å². The van der Waals surface area contributed by atoms with Crippen molar-refractivity contribution < 1.29 is 4.79 Å². The number of aromatic nitrogens is 5. The number of fused-ring (bicyclic) bond motifs is 2. The van der Waals surface area contributed by atoms with Crippen molar-refractivity contribution >= 4 is 28.6 Å². The molecule has 9 heteroatoms. The molecule has 2 aliphatic heterocycles. The fourth-order valence-electron chi connectivity index (χ4n) is 5.59. The fraction of sp³-hybridized carbons (Fsp3) is 0.370. The van der Waals surface area contributed by atoms with Crippen LogP contribution >= 0.6 is 0 Å². The van der Waals surface area contributed by atoms with E-state index in [0.717, 1.165) is 49.4 Å². The first-order valence-corrected chi connectivity index (χ1v) is 12.5. The molecule has 1 fully saturated rings. The Hall–Kier alpha value is -3.85. The Morgan fingerprint density at radius 2 is 1.86 bits per heavy atom. The van der Waals surface area contributed by atoms with Crippen molar-refractivity contribution in [2.24, 2.45) is 0 Å². The van der Waals surface area contributed by atoms with Crippen LogP contribution in [0, 0.1) is 13.8 Å². The highest BCUT2D eigenvalue weighted by molar-refractivity contribution is 5.97. The van der Waals surface area contributed by atoms with E-state index in [1.807, 2.05) is 29.3 Å². The van der Waals surface area contributed by atoms with Crippen molar-refractivity contribution in [2.45, 2.75) is 58.8 Å². The molecule has 6 rings (SSSR count). The number of aromatic amines is 1. The molecule has 9 nitrogen and oxygen atoms in total. The zero-order valence-electron chi connectivity index (χ0n) is 20.8. The summed E-state index contributed by atoms with van der Waals surface area (Å²) in [6.07, 6.45) is 3.83. The fourth-order valence-corrected chi connectivity index (χ4v) is 5.59. The molecule has 184 valence electrons. The second kappa shape index (κ2) is 8.98. The third-order valence-corrected chi connectivity index (χ3v) is 7.35. The second-order valence-corrected chi connectivity index (χ2v) is 10.1. The van der Waals surface area contributed by atoms with E-state index in [4.69, 9.17) is 4.98 Å². The van der Waals surface area contributed by atoms with Crippen LogP contribution in [0.5, 0.6) is 0 Å². The molecule has 0 unspecified atom stereocenters. The average Bonchev–Trinajstić information content (AvgIpc) is 3.49. The van der Waals surface area contributed by atoms with Gasteiger partial charge in [0.2, 0.25) is 5.95 Å². The van der Waals surface area contributed by atoms with E-state index in [1.54, 1.807) is 0 Å². The Balaban J connectivity index is 1.10. The molecule has 4 aromatic rings. The van der Waals surface area contributed by atoms with Crippen molar-refractivity contribution in [1.82, 2.24) is 35.2 Å². The number of carbonyl (C=O) groups is 1. The highest BCUT2D eigenvalue weighted by Crippen LogP contribution is 2.31. The topological polar surface area (TPSA) is 103 Å². The number of piperidine rings is 1. The molecule has 2 aromatic heterocycles. The highest BCUT2D eigenvalue weighted by atomic mass is 16.2. The highest BCUT2D eigenvalue weighted by Gasteiger charge is 2.35. The SMILES string of the molecule is Cc1cc(C)cc(Nc2ncc3c(n2)CN([C@@H]2CCN(C(=O)c4ccc5n[nH]nc5c4)[C@H](C)C2)C3)c1. The average molecular weight is 483 g/mol. The van der Waals surface area contributed by atoms with E-state index in [2.05, 4.69) is 69.6 Å². The van der Waals surface area contributed by atoms with E-state index in [9.17, 15) is 4.79 Å². The maximum Gasteiger partial charge on any atom is 0.254 e. The molecule has 1 saturated heterocycles. The van der Waals surface area contributed by atoms with Crippen LogP contribution in [-0.4, -0.2) is 59.7 Å². The third-order valence-electron chi connectivity index (χ3n) is 7.35. The van der Waals surface area contributed by atoms with Crippen LogP contribution in [0.2, 0.25) is 0 Å². The number of nitrogens with zero attached hydrogens (tertiary/aromatic N) is 6. The predicted octanol–water partition coefficient (Wildman–Crippen LogP) is 4.12. The molecule has 2 aromatic carbocycles. The molecule has 2 N–H and O–H groups in total. The summed E-state index contributed by atoms with van der Waals surface area (Å²) in [6, 6.07) is 12.4. The number of hydrogen-bond donors (Lipinski definition) is 2. The van der Waals surface area contributed by atoms with Crippen molar-refractivity contribution in [3.63, 3.8) is 0 Å². The number of hydrogen-bond acceptors (Lipinski definition) is 7. The monoisotopic (exact) mass is 482 g/mol. The lowest BCUT2D eigenvalue weighted by molar-refractivity contribution is 0.0460. The van der Waals surface area contributed by atoms with Gasteiger partial charge in [-0.25, -0.2) is 9.97 Å². The van der Waals surface area contributed by atoms with Gasteiger partial charge < -0.3 is 10.2 Å². The van der Waals surface area contributed by atoms with Gasteiger partial charge in [0, 0.05) is 54.7 Å². The van der Waals surface area contributed by atoms with Gasteiger partial charge in [0.25, 0.3) is 5.91 Å². The van der Waals surface area contributed by atoms with Gasteiger partial charge >= 0.3 is 0 Å². The molecular formula is C27H30N8O. The molecule has 0 saturated carbocycles. The molecule has 0 radical (unpaired) electrons. The lowest BCUT2D eigenvalue weighted by Crippen LogP contribution is -2.50. The molecule has 2 atom stereocenters. The number of nitrogens with one attached hydrogen (secondary N) is 2. The van der Waals surface area contributed by atoms with E-state index in [-0.39, 0.29) is 11.9 Å². The summed E-state index contributed by atoms with van der Waals surface area (Å²) >= 11 is 0. The summed E-state index contributed by atoms with van der Waals surface area (Å²) in [5.41, 5.74) is 7.85. The minimum Gasteiger partial charge on any atom is -0.336 e. The van der Waals surface area contributed by atoms with Crippen LogP contribution in [0.15, 0.2) is 42.6 Å². The van der Waals surface area contributed by atoms with E-state index >= 15 is 0 Å². The zero-order valence-corrected chi connectivity index (χ0v) is 20.8. The van der Waals surface area contributed by atoms with Gasteiger partial charge in [0.1, 0.15) is 11.0 Å². The predicted molar refractivity (Wildman–Crippen MR) is 138 cm³/mol. The number of anilines is 2. The number of aryl methyl sites for hydroxylation is 2. The summed E-state index contributed by atoms with van der Waals surface area (Å²) in [5, 5.41) is 14.2. The van der Waals surface area contributed by atoms with Crippen molar-refractivity contribution in [3.05, 3.63) is 70.5 Å². The molecular weight excluding hydrogens is 452 g/mol. The molecule has 4 heterocycles. The van der Waals surface area contributed by atoms with Gasteiger partial charge in [-0.1, -0.05) is 6.07 Å². The molecule has 0 aliphatic carbocycles. The van der Waals surface area contributed by atoms with Gasteiger partial charge in [-0.05, 0) is 75.1 Å². The second-order valence-electron chi connectivity index (χ2n) is 10.1. The number of likely N-dealkylation sites (tertiary alicyclic amines) is 1. The third kappa shape index (κ3) is 4.30. The minimum atomic E-state index is 0.0588. The summed E-state index contributed by atoms with van der Waals surface area (Å²) in [4.78, 5) is 27.1. The van der Waals surface area contributed by atoms with Crippen molar-refractivity contribution in [2.75, 3.05) is 11.9 Å². The number of carbonyl (C=O) groups excluding carboxylic acids is 1. The lowest BCUT2D eigenvalue weighted by Gasteiger charge is -2.41. The Morgan fingerprint density at radius 1 is 1.06 bits per heavy atom. The van der Waals surface area contributed by atoms with Gasteiger partial charge in [-0.15, -0.1) is 0 Å². The Bertz CT molecular complexity index is 1430. The van der Waals surface area contributed by atoms with Crippen LogP contribution in [0.4, 0.5) is 11.6 Å². The molecule has 36 heavy (non-hydrogen) atoms. The number of benzene rings is 2. The summed E-state index contributed by atoms with van der Waals surface area (Å²) in [5.74, 6) is 0.696. The molecule has 1 amide bonds. The first-order valence-electron chi connectivity index (χ1n) is 12.5. The molecule has 0 spiro atoms. The van der Waals surface area contributed by atoms with Crippen LogP contribution in [-0.2, 0) is 13.1 Å². The Morgan fingerprint density at radius 3 is 2.67 bits per heavy atom. The number of rotatable bonds is 4. The standard InChI is InChI=1S/C27H30N8O/c1-16-8-17(2)10-21(9-16)29-27-28-13-20-14-34(15-25(20)30-27)22-6-7-35(18(3)11-22)26(36)19-4-5-23-24(12-19)32-33-31-23/h4-5,8-10,12-13,18,22H,6-7,11,14-15H2,1-3H3,(H,28,29,30)(H,31,32,33)/t18-,22-/m1/s1. The van der Waals surface area contributed by atoms with Gasteiger partial charge in [-0.2, -0.15) is 15.4 Å². The van der Waals surface area contributed by atoms with E-state index in [0.29, 0.717) is 23.1 Å². The number of amides is 1. The summed E-state index contributed by atoms with van der Waals surface area (Å²) in [6.45, 7) is 8.73. The van der Waals surface area contributed by atoms with E-state index in [1.165, 1.54) is 16.7 Å². The number of H-pyrrole nitrogens is 1. The van der Waals surface area contributed by atoms with E-state index < -0.39 is 0 Å². The summed E-state index contributed by atoms with van der Waals surface area (Å²) in [7, 11) is 0. The van der Waals surface area contributed by atoms with Gasteiger partial charge in [0.15, 0.2) is 0 Å². The molecule has 0 bridgehead atoms. The van der Waals surface area contributed by atoms with Crippen molar-refractivity contribution in [1.29, 1.82) is 0 Å². The van der Waals surface area contributed by atoms with Crippen LogP contribution in [0.3, 0.4) is 0 Å².